The second-order valence-electron chi connectivity index (χ2n) is 7.44. The molecule has 0 bridgehead atoms. The molecule has 8 heteroatoms. The molecular formula is C22H16N2O5S. The van der Waals surface area contributed by atoms with Gasteiger partial charge in [0, 0.05) is 21.7 Å². The van der Waals surface area contributed by atoms with Gasteiger partial charge < -0.3 is 9.97 Å². The van der Waals surface area contributed by atoms with Gasteiger partial charge in [-0.3, -0.25) is 14.1 Å². The summed E-state index contributed by atoms with van der Waals surface area (Å²) in [6.45, 7) is 3.05. The first-order valence-electron chi connectivity index (χ1n) is 9.19. The van der Waals surface area contributed by atoms with E-state index in [2.05, 4.69) is 9.97 Å². The van der Waals surface area contributed by atoms with Crippen LogP contribution in [0.2, 0.25) is 0 Å². The summed E-state index contributed by atoms with van der Waals surface area (Å²) in [6.07, 6.45) is 0. The van der Waals surface area contributed by atoms with Crippen molar-refractivity contribution < 1.29 is 13.0 Å². The Labute approximate surface area is 169 Å². The average Bonchev–Trinajstić information content (AvgIpc) is 2.66. The third kappa shape index (κ3) is 2.51. The smallest absolute Gasteiger partial charge is 0.295 e. The molecule has 0 radical (unpaired) electrons. The summed E-state index contributed by atoms with van der Waals surface area (Å²) >= 11 is 0. The van der Waals surface area contributed by atoms with Crippen molar-refractivity contribution in [3.05, 3.63) is 74.0 Å². The molecule has 0 atom stereocenters. The van der Waals surface area contributed by atoms with Gasteiger partial charge in [-0.25, -0.2) is 0 Å². The molecule has 0 aliphatic carbocycles. The number of benzene rings is 3. The molecule has 2 heterocycles. The molecular weight excluding hydrogens is 404 g/mol. The number of hydrogen-bond acceptors (Lipinski definition) is 4. The number of pyridine rings is 2. The lowest BCUT2D eigenvalue weighted by molar-refractivity contribution is 0.482. The predicted molar refractivity (Wildman–Crippen MR) is 117 cm³/mol. The Kier molecular flexibility index (Phi) is 3.71. The maximum Gasteiger partial charge on any atom is 0.295 e. The topological polar surface area (TPSA) is 120 Å². The summed E-state index contributed by atoms with van der Waals surface area (Å²) in [5.74, 6) is 0. The van der Waals surface area contributed by atoms with Crippen molar-refractivity contribution in [3.63, 3.8) is 0 Å². The summed E-state index contributed by atoms with van der Waals surface area (Å²) in [4.78, 5) is 32.3. The molecule has 0 spiro atoms. The lowest BCUT2D eigenvalue weighted by Crippen LogP contribution is -2.12. The number of nitrogens with one attached hydrogen (secondary N) is 2. The van der Waals surface area contributed by atoms with Gasteiger partial charge in [0.05, 0.1) is 21.9 Å². The highest BCUT2D eigenvalue weighted by Gasteiger charge is 2.21. The van der Waals surface area contributed by atoms with Crippen molar-refractivity contribution in [1.29, 1.82) is 0 Å². The molecule has 150 valence electrons. The van der Waals surface area contributed by atoms with E-state index in [-0.39, 0.29) is 26.7 Å². The molecule has 7 nitrogen and oxygen atoms in total. The first-order valence-corrected chi connectivity index (χ1v) is 10.6. The normalized spacial score (nSPS) is 12.4. The number of aryl methyl sites for hydroxylation is 2. The minimum Gasteiger partial charge on any atom is -0.354 e. The number of para-hydroxylation sites is 1. The molecule has 0 saturated carbocycles. The Bertz CT molecular complexity index is 1780. The van der Waals surface area contributed by atoms with Crippen molar-refractivity contribution >= 4 is 53.7 Å². The van der Waals surface area contributed by atoms with Crippen LogP contribution < -0.4 is 10.9 Å². The molecule has 0 unspecified atom stereocenters. The molecule has 5 aromatic rings. The van der Waals surface area contributed by atoms with Crippen LogP contribution in [0.3, 0.4) is 0 Å². The Morgan fingerprint density at radius 3 is 2.03 bits per heavy atom. The van der Waals surface area contributed by atoms with Gasteiger partial charge in [0.25, 0.3) is 10.1 Å². The Morgan fingerprint density at radius 2 is 1.37 bits per heavy atom. The Balaban J connectivity index is 2.00. The number of aromatic amines is 2. The average molecular weight is 420 g/mol. The highest BCUT2D eigenvalue weighted by Crippen LogP contribution is 2.28. The van der Waals surface area contributed by atoms with Crippen molar-refractivity contribution in [1.82, 2.24) is 9.97 Å². The van der Waals surface area contributed by atoms with Crippen LogP contribution in [-0.4, -0.2) is 22.9 Å². The van der Waals surface area contributed by atoms with E-state index in [1.165, 1.54) is 13.0 Å². The minimum absolute atomic E-state index is 0.142. The van der Waals surface area contributed by atoms with E-state index < -0.39 is 10.1 Å². The van der Waals surface area contributed by atoms with Crippen LogP contribution in [0.4, 0.5) is 0 Å². The van der Waals surface area contributed by atoms with Gasteiger partial charge in [0.2, 0.25) is 0 Å². The zero-order valence-electron chi connectivity index (χ0n) is 16.0. The van der Waals surface area contributed by atoms with Gasteiger partial charge in [-0.05, 0) is 55.3 Å². The Morgan fingerprint density at radius 1 is 0.767 bits per heavy atom. The largest absolute Gasteiger partial charge is 0.354 e. The van der Waals surface area contributed by atoms with Gasteiger partial charge in [-0.1, -0.05) is 12.1 Å². The fourth-order valence-corrected chi connectivity index (χ4v) is 5.25. The number of rotatable bonds is 1. The first-order chi connectivity index (χ1) is 14.2. The number of H-pyrrole nitrogens is 2. The molecule has 0 fully saturated rings. The molecule has 3 N–H and O–H groups in total. The van der Waals surface area contributed by atoms with Crippen LogP contribution in [-0.2, 0) is 10.1 Å². The quantitative estimate of drug-likeness (QED) is 0.283. The van der Waals surface area contributed by atoms with E-state index in [1.54, 1.807) is 37.3 Å². The molecule has 3 aromatic carbocycles. The highest BCUT2D eigenvalue weighted by molar-refractivity contribution is 7.86. The van der Waals surface area contributed by atoms with Crippen LogP contribution >= 0.6 is 0 Å². The Hall–Kier alpha value is -3.49. The van der Waals surface area contributed by atoms with Crippen molar-refractivity contribution in [3.8, 4) is 0 Å². The number of hydrogen-bond donors (Lipinski definition) is 3. The molecule has 0 saturated heterocycles. The maximum absolute atomic E-state index is 13.3. The third-order valence-electron chi connectivity index (χ3n) is 5.55. The van der Waals surface area contributed by atoms with E-state index in [4.69, 9.17) is 0 Å². The lowest BCUT2D eigenvalue weighted by atomic mass is 10.0. The van der Waals surface area contributed by atoms with E-state index >= 15 is 0 Å². The maximum atomic E-state index is 13.3. The molecule has 2 aromatic heterocycles. The second kappa shape index (κ2) is 6.01. The van der Waals surface area contributed by atoms with Crippen molar-refractivity contribution in [2.24, 2.45) is 0 Å². The van der Waals surface area contributed by atoms with Crippen LogP contribution in [0.25, 0.3) is 43.6 Å². The van der Waals surface area contributed by atoms with Gasteiger partial charge in [-0.15, -0.1) is 0 Å². The zero-order chi connectivity index (χ0) is 21.4. The fraction of sp³-hybridized carbons (Fsp3) is 0.0909. The second-order valence-corrected chi connectivity index (χ2v) is 8.80. The molecule has 0 amide bonds. The first kappa shape index (κ1) is 18.5. The summed E-state index contributed by atoms with van der Waals surface area (Å²) < 4.78 is 33.3. The molecule has 30 heavy (non-hydrogen) atoms. The SMILES string of the molecule is Cc1cc2[nH]c3cc4c(=O)c5ccccc5[nH]c4cc3c(=O)c2c(C)c1S(=O)(=O)O. The van der Waals surface area contributed by atoms with E-state index in [0.717, 1.165) is 0 Å². The number of aromatic nitrogens is 2. The zero-order valence-corrected chi connectivity index (χ0v) is 16.8. The summed E-state index contributed by atoms with van der Waals surface area (Å²) in [7, 11) is -4.49. The molecule has 0 aliphatic rings. The van der Waals surface area contributed by atoms with Crippen LogP contribution in [0.1, 0.15) is 11.1 Å². The van der Waals surface area contributed by atoms with Crippen molar-refractivity contribution in [2.75, 3.05) is 0 Å². The van der Waals surface area contributed by atoms with Gasteiger partial charge in [-0.2, -0.15) is 8.42 Å². The highest BCUT2D eigenvalue weighted by atomic mass is 32.2. The lowest BCUT2D eigenvalue weighted by Gasteiger charge is -2.12. The van der Waals surface area contributed by atoms with E-state index in [1.807, 2.05) is 6.07 Å². The molecule has 5 rings (SSSR count). The van der Waals surface area contributed by atoms with Crippen molar-refractivity contribution in [2.45, 2.75) is 18.7 Å². The van der Waals surface area contributed by atoms with Gasteiger partial charge in [0.15, 0.2) is 10.9 Å². The van der Waals surface area contributed by atoms with Crippen LogP contribution in [0.15, 0.2) is 56.9 Å². The monoisotopic (exact) mass is 420 g/mol. The van der Waals surface area contributed by atoms with Crippen LogP contribution in [0.5, 0.6) is 0 Å². The minimum atomic E-state index is -4.49. The van der Waals surface area contributed by atoms with Gasteiger partial charge >= 0.3 is 0 Å². The molecule has 0 aliphatic heterocycles. The predicted octanol–water partition coefficient (Wildman–Crippen LogP) is 3.54. The van der Waals surface area contributed by atoms with E-state index in [0.29, 0.717) is 43.8 Å². The van der Waals surface area contributed by atoms with Crippen LogP contribution in [0, 0.1) is 13.8 Å². The van der Waals surface area contributed by atoms with Gasteiger partial charge in [0.1, 0.15) is 4.90 Å². The standard InChI is InChI=1S/C22H16N2O5S/c1-10-7-18-19(11(2)22(10)30(27,28)29)21(26)14-9-16-13(8-17(14)24-18)20(25)12-5-3-4-6-15(12)23-16/h3-9H,1-2H3,(H,23,25)(H,24,26)(H,27,28,29). The summed E-state index contributed by atoms with van der Waals surface area (Å²) in [5, 5.41) is 1.49. The fourth-order valence-electron chi connectivity index (χ4n) is 4.30. The number of fused-ring (bicyclic) bond motifs is 4. The summed E-state index contributed by atoms with van der Waals surface area (Å²) in [6, 6.07) is 11.9. The summed E-state index contributed by atoms with van der Waals surface area (Å²) in [5.41, 5.74) is 2.06. The van der Waals surface area contributed by atoms with E-state index in [9.17, 15) is 22.6 Å². The third-order valence-corrected chi connectivity index (χ3v) is 6.69.